The van der Waals surface area contributed by atoms with Crippen molar-refractivity contribution < 1.29 is 0 Å². The summed E-state index contributed by atoms with van der Waals surface area (Å²) in [4.78, 5) is 0. The van der Waals surface area contributed by atoms with Gasteiger partial charge in [-0.05, 0) is 136 Å². The molecule has 2 N–H and O–H groups in total. The quantitative estimate of drug-likeness (QED) is 0.329. The van der Waals surface area contributed by atoms with E-state index in [0.29, 0.717) is 5.41 Å². The van der Waals surface area contributed by atoms with Crippen LogP contribution in [0.1, 0.15) is 137 Å². The first-order chi connectivity index (χ1) is 19.7. The molecule has 41 heavy (non-hydrogen) atoms. The summed E-state index contributed by atoms with van der Waals surface area (Å²) in [5, 5.41) is 0. The van der Waals surface area contributed by atoms with Gasteiger partial charge in [0, 0.05) is 5.70 Å². The maximum absolute atomic E-state index is 5.90. The molecule has 9 atom stereocenters. The highest BCUT2D eigenvalue weighted by Gasteiger charge is 2.55. The van der Waals surface area contributed by atoms with Crippen LogP contribution in [0.25, 0.3) is 0 Å². The minimum atomic E-state index is 0.463. The first-order valence-electron chi connectivity index (χ1n) is 17.9. The fourth-order valence-electron chi connectivity index (χ4n) is 9.64. The molecule has 0 spiro atoms. The van der Waals surface area contributed by atoms with Gasteiger partial charge in [-0.2, -0.15) is 0 Å². The van der Waals surface area contributed by atoms with E-state index in [1.165, 1.54) is 81.8 Å². The van der Waals surface area contributed by atoms with Crippen LogP contribution in [0.2, 0.25) is 0 Å². The maximum Gasteiger partial charge on any atom is 0.000833 e. The lowest BCUT2D eigenvalue weighted by Crippen LogP contribution is -2.49. The molecule has 3 saturated carbocycles. The van der Waals surface area contributed by atoms with Crippen molar-refractivity contribution in [3.63, 3.8) is 0 Å². The van der Waals surface area contributed by atoms with Crippen LogP contribution in [0, 0.1) is 59.7 Å². The average Bonchev–Trinajstić information content (AvgIpc) is 3.41. The highest BCUT2D eigenvalue weighted by molar-refractivity contribution is 5.28. The lowest BCUT2D eigenvalue weighted by molar-refractivity contribution is -0.0125. The SMILES string of the molecule is C/C(N)=C/CCC(C)C1CCC2C1CCC1C2CC=C2C(C)C(Cc3ccc(C)cc3)CCC21C.CC.CCCC. The fraction of sp³-hybridized carbons (Fsp3) is 0.750. The number of fused-ring (bicyclic) bond motifs is 5. The molecule has 0 saturated heterocycles. The number of hydrogen-bond acceptors (Lipinski definition) is 1. The Morgan fingerprint density at radius 3 is 2.27 bits per heavy atom. The second-order valence-electron chi connectivity index (χ2n) is 14.5. The second kappa shape index (κ2) is 15.8. The number of aryl methyl sites for hydroxylation is 1. The van der Waals surface area contributed by atoms with Gasteiger partial charge < -0.3 is 5.73 Å². The van der Waals surface area contributed by atoms with Crippen molar-refractivity contribution >= 4 is 0 Å². The third kappa shape index (κ3) is 7.92. The lowest BCUT2D eigenvalue weighted by atomic mass is 9.47. The number of nitrogens with two attached hydrogens (primary N) is 1. The molecule has 232 valence electrons. The van der Waals surface area contributed by atoms with Gasteiger partial charge in [-0.25, -0.2) is 0 Å². The summed E-state index contributed by atoms with van der Waals surface area (Å²) < 4.78 is 0. The Morgan fingerprint density at radius 2 is 1.63 bits per heavy atom. The molecule has 1 aromatic rings. The highest BCUT2D eigenvalue weighted by Crippen LogP contribution is 2.64. The molecule has 0 radical (unpaired) electrons. The van der Waals surface area contributed by atoms with Crippen molar-refractivity contribution in [3.05, 3.63) is 58.8 Å². The fourth-order valence-corrected chi connectivity index (χ4v) is 9.64. The van der Waals surface area contributed by atoms with Gasteiger partial charge in [-0.15, -0.1) is 0 Å². The molecular formula is C40H67N. The van der Waals surface area contributed by atoms with Crippen molar-refractivity contribution in [1.82, 2.24) is 0 Å². The van der Waals surface area contributed by atoms with E-state index in [2.05, 4.69) is 78.0 Å². The molecule has 1 nitrogen and oxygen atoms in total. The van der Waals surface area contributed by atoms with Crippen LogP contribution in [0.4, 0.5) is 0 Å². The van der Waals surface area contributed by atoms with E-state index in [9.17, 15) is 0 Å². The summed E-state index contributed by atoms with van der Waals surface area (Å²) in [6, 6.07) is 9.32. The van der Waals surface area contributed by atoms with Crippen LogP contribution in [-0.4, -0.2) is 0 Å². The molecule has 5 rings (SSSR count). The Bertz CT molecular complexity index is 963. The first-order valence-corrected chi connectivity index (χ1v) is 17.9. The number of allylic oxidation sites excluding steroid dienone is 4. The average molecular weight is 562 g/mol. The van der Waals surface area contributed by atoms with Crippen molar-refractivity contribution in [3.8, 4) is 0 Å². The molecule has 1 heteroatoms. The van der Waals surface area contributed by atoms with Gasteiger partial charge in [-0.3, -0.25) is 0 Å². The number of benzene rings is 1. The minimum Gasteiger partial charge on any atom is -0.403 e. The Kier molecular flexibility index (Phi) is 13.1. The van der Waals surface area contributed by atoms with E-state index in [4.69, 9.17) is 5.73 Å². The smallest absolute Gasteiger partial charge is 0.000833 e. The summed E-state index contributed by atoms with van der Waals surface area (Å²) in [6.45, 7) is 20.4. The van der Waals surface area contributed by atoms with Crippen LogP contribution >= 0.6 is 0 Å². The number of hydrogen-bond donors (Lipinski definition) is 1. The van der Waals surface area contributed by atoms with Gasteiger partial charge in [0.05, 0.1) is 0 Å². The normalized spacial score (nSPS) is 34.9. The van der Waals surface area contributed by atoms with Crippen molar-refractivity contribution in [2.45, 2.75) is 139 Å². The Hall–Kier alpha value is -1.50. The van der Waals surface area contributed by atoms with Gasteiger partial charge in [0.2, 0.25) is 0 Å². The van der Waals surface area contributed by atoms with Gasteiger partial charge in [0.1, 0.15) is 0 Å². The standard InChI is InChI=1S/C34H51N.C4H10.C2H6/c1-22-9-11-26(12-10-22)21-27-19-20-34(5)32(25(27)4)17-16-31-30-14-13-28(29(30)15-18-33(31)34)23(2)7-6-8-24(3)35;1-3-4-2;1-2/h8-12,17,23,25,27-31,33H,6-7,13-16,18-21,35H2,1-5H3;3-4H2,1-2H3;1-2H3/b24-8-;;. The van der Waals surface area contributed by atoms with Crippen LogP contribution in [0.15, 0.2) is 47.7 Å². The zero-order valence-corrected chi connectivity index (χ0v) is 28.6. The van der Waals surface area contributed by atoms with Gasteiger partial charge >= 0.3 is 0 Å². The van der Waals surface area contributed by atoms with Crippen molar-refractivity contribution in [2.24, 2.45) is 58.5 Å². The first kappa shape index (κ1) is 34.0. The summed E-state index contributed by atoms with van der Waals surface area (Å²) >= 11 is 0. The molecule has 4 aliphatic carbocycles. The molecule has 1 aromatic carbocycles. The van der Waals surface area contributed by atoms with Crippen molar-refractivity contribution in [2.75, 3.05) is 0 Å². The van der Waals surface area contributed by atoms with Gasteiger partial charge in [0.15, 0.2) is 0 Å². The molecule has 0 bridgehead atoms. The summed E-state index contributed by atoms with van der Waals surface area (Å²) in [6.07, 6.45) is 21.6. The van der Waals surface area contributed by atoms with E-state index in [1.54, 1.807) is 0 Å². The van der Waals surface area contributed by atoms with Crippen molar-refractivity contribution in [1.29, 1.82) is 0 Å². The maximum atomic E-state index is 5.90. The molecule has 0 aliphatic heterocycles. The van der Waals surface area contributed by atoms with E-state index in [-0.39, 0.29) is 0 Å². The third-order valence-corrected chi connectivity index (χ3v) is 12.1. The van der Waals surface area contributed by atoms with Gasteiger partial charge in [-0.1, -0.05) is 109 Å². The molecule has 0 aromatic heterocycles. The van der Waals surface area contributed by atoms with Crippen LogP contribution in [0.5, 0.6) is 0 Å². The Morgan fingerprint density at radius 1 is 0.976 bits per heavy atom. The van der Waals surface area contributed by atoms with Crippen LogP contribution in [0.3, 0.4) is 0 Å². The Labute approximate surface area is 256 Å². The molecular weight excluding hydrogens is 494 g/mol. The number of rotatable bonds is 7. The monoisotopic (exact) mass is 562 g/mol. The van der Waals surface area contributed by atoms with E-state index in [1.807, 2.05) is 26.3 Å². The predicted molar refractivity (Wildman–Crippen MR) is 182 cm³/mol. The molecule has 0 heterocycles. The summed E-state index contributed by atoms with van der Waals surface area (Å²) in [5.41, 5.74) is 12.1. The lowest BCUT2D eigenvalue weighted by Gasteiger charge is -2.57. The number of unbranched alkanes of at least 4 members (excludes halogenated alkanes) is 1. The molecule has 4 aliphatic rings. The molecule has 3 fully saturated rings. The third-order valence-electron chi connectivity index (χ3n) is 12.1. The largest absolute Gasteiger partial charge is 0.403 e. The van der Waals surface area contributed by atoms with Crippen LogP contribution < -0.4 is 5.73 Å². The molecule has 0 amide bonds. The molecule has 9 unspecified atom stereocenters. The highest BCUT2D eigenvalue weighted by atomic mass is 14.6. The van der Waals surface area contributed by atoms with E-state index in [0.717, 1.165) is 59.5 Å². The van der Waals surface area contributed by atoms with Crippen LogP contribution in [-0.2, 0) is 6.42 Å². The second-order valence-corrected chi connectivity index (χ2v) is 14.5. The topological polar surface area (TPSA) is 26.0 Å². The minimum absolute atomic E-state index is 0.463. The predicted octanol–water partition coefficient (Wildman–Crippen LogP) is 11.7. The van der Waals surface area contributed by atoms with E-state index >= 15 is 0 Å². The summed E-state index contributed by atoms with van der Waals surface area (Å²) in [7, 11) is 0. The van der Waals surface area contributed by atoms with E-state index < -0.39 is 0 Å². The summed E-state index contributed by atoms with van der Waals surface area (Å²) in [5.74, 6) is 7.22. The zero-order chi connectivity index (χ0) is 30.2. The Balaban J connectivity index is 0.000000710. The zero-order valence-electron chi connectivity index (χ0n) is 28.6. The van der Waals surface area contributed by atoms with Gasteiger partial charge in [0.25, 0.3) is 0 Å².